The van der Waals surface area contributed by atoms with E-state index in [2.05, 4.69) is 9.47 Å². The Morgan fingerprint density at radius 2 is 1.81 bits per heavy atom. The number of carbonyl (C=O) groups excluding carboxylic acids is 2. The Bertz CT molecular complexity index is 254. The molecule has 2 unspecified atom stereocenters. The first-order valence-electron chi connectivity index (χ1n) is 5.07. The van der Waals surface area contributed by atoms with Gasteiger partial charge in [0.1, 0.15) is 0 Å². The van der Waals surface area contributed by atoms with Crippen LogP contribution in [-0.4, -0.2) is 41.2 Å². The zero-order valence-electron chi connectivity index (χ0n) is 9.66. The molecule has 0 fully saturated rings. The van der Waals surface area contributed by atoms with Crippen LogP contribution in [0.4, 0.5) is 0 Å². The molecule has 0 spiro atoms. The molecule has 2 atom stereocenters. The fourth-order valence-electron chi connectivity index (χ4n) is 1.06. The van der Waals surface area contributed by atoms with Gasteiger partial charge in [-0.2, -0.15) is 0 Å². The predicted molar refractivity (Wildman–Crippen MR) is 58.1 cm³/mol. The third-order valence-corrected chi connectivity index (χ3v) is 2.37. The molecular formula is C10H17ClO5. The molecule has 0 aromatic rings. The van der Waals surface area contributed by atoms with Crippen molar-refractivity contribution in [3.63, 3.8) is 0 Å². The van der Waals surface area contributed by atoms with Crippen molar-refractivity contribution in [3.8, 4) is 0 Å². The molecule has 0 heterocycles. The molecule has 0 aromatic carbocycles. The van der Waals surface area contributed by atoms with Crippen LogP contribution in [0.3, 0.4) is 0 Å². The molecule has 0 aliphatic carbocycles. The topological polar surface area (TPSA) is 72.8 Å². The van der Waals surface area contributed by atoms with Crippen LogP contribution in [0.5, 0.6) is 0 Å². The Labute approximate surface area is 99.7 Å². The highest BCUT2D eigenvalue weighted by atomic mass is 35.5. The SMILES string of the molecule is CCOC(=O)CC(O)(C(=O)OCC)C(C)Cl. The third-order valence-electron chi connectivity index (χ3n) is 2.01. The lowest BCUT2D eigenvalue weighted by molar-refractivity contribution is -0.171. The van der Waals surface area contributed by atoms with Crippen molar-refractivity contribution < 1.29 is 24.2 Å². The maximum atomic E-state index is 11.5. The number of hydrogen-bond donors (Lipinski definition) is 1. The third kappa shape index (κ3) is 3.98. The second-order valence-corrected chi connectivity index (χ2v) is 3.90. The van der Waals surface area contributed by atoms with Gasteiger partial charge in [0, 0.05) is 0 Å². The Balaban J connectivity index is 4.69. The number of esters is 2. The fourth-order valence-corrected chi connectivity index (χ4v) is 1.23. The van der Waals surface area contributed by atoms with E-state index in [0.29, 0.717) is 0 Å². The van der Waals surface area contributed by atoms with E-state index in [1.54, 1.807) is 13.8 Å². The molecule has 0 aliphatic rings. The van der Waals surface area contributed by atoms with Crippen molar-refractivity contribution in [1.29, 1.82) is 0 Å². The van der Waals surface area contributed by atoms with E-state index < -0.39 is 29.3 Å². The summed E-state index contributed by atoms with van der Waals surface area (Å²) in [6, 6.07) is 0. The van der Waals surface area contributed by atoms with Gasteiger partial charge in [-0.1, -0.05) is 0 Å². The van der Waals surface area contributed by atoms with Crippen LogP contribution in [0.2, 0.25) is 0 Å². The highest BCUT2D eigenvalue weighted by molar-refractivity contribution is 6.23. The maximum Gasteiger partial charge on any atom is 0.340 e. The summed E-state index contributed by atoms with van der Waals surface area (Å²) in [6.07, 6.45) is -0.510. The molecule has 0 rings (SSSR count). The molecule has 0 aliphatic heterocycles. The number of carbonyl (C=O) groups is 2. The van der Waals surface area contributed by atoms with Crippen molar-refractivity contribution in [2.24, 2.45) is 0 Å². The number of rotatable bonds is 6. The van der Waals surface area contributed by atoms with Gasteiger partial charge in [0.25, 0.3) is 0 Å². The van der Waals surface area contributed by atoms with Gasteiger partial charge in [-0.25, -0.2) is 4.79 Å². The Morgan fingerprint density at radius 1 is 1.31 bits per heavy atom. The van der Waals surface area contributed by atoms with Gasteiger partial charge >= 0.3 is 11.9 Å². The minimum atomic E-state index is -2.04. The van der Waals surface area contributed by atoms with Crippen LogP contribution in [0.15, 0.2) is 0 Å². The van der Waals surface area contributed by atoms with Crippen LogP contribution < -0.4 is 0 Å². The molecule has 0 amide bonds. The monoisotopic (exact) mass is 252 g/mol. The average molecular weight is 253 g/mol. The Morgan fingerprint density at radius 3 is 2.19 bits per heavy atom. The summed E-state index contributed by atoms with van der Waals surface area (Å²) in [7, 11) is 0. The quantitative estimate of drug-likeness (QED) is 0.561. The Kier molecular flexibility index (Phi) is 6.36. The molecule has 16 heavy (non-hydrogen) atoms. The number of aliphatic hydroxyl groups is 1. The van der Waals surface area contributed by atoms with Crippen molar-refractivity contribution in [1.82, 2.24) is 0 Å². The van der Waals surface area contributed by atoms with E-state index in [9.17, 15) is 14.7 Å². The van der Waals surface area contributed by atoms with Gasteiger partial charge in [-0.15, -0.1) is 11.6 Å². The van der Waals surface area contributed by atoms with Gasteiger partial charge in [0.15, 0.2) is 5.60 Å². The normalized spacial score (nSPS) is 16.1. The summed E-state index contributed by atoms with van der Waals surface area (Å²) in [5, 5.41) is 9.03. The zero-order valence-corrected chi connectivity index (χ0v) is 10.4. The van der Waals surface area contributed by atoms with E-state index >= 15 is 0 Å². The van der Waals surface area contributed by atoms with Crippen LogP contribution >= 0.6 is 11.6 Å². The molecule has 6 heteroatoms. The lowest BCUT2D eigenvalue weighted by Gasteiger charge is -2.26. The maximum absolute atomic E-state index is 11.5. The van der Waals surface area contributed by atoms with E-state index in [-0.39, 0.29) is 13.2 Å². The van der Waals surface area contributed by atoms with E-state index in [1.165, 1.54) is 6.92 Å². The van der Waals surface area contributed by atoms with E-state index in [1.807, 2.05) is 0 Å². The highest BCUT2D eigenvalue weighted by Crippen LogP contribution is 2.23. The summed E-state index contributed by atoms with van der Waals surface area (Å²) in [5.41, 5.74) is -2.04. The van der Waals surface area contributed by atoms with Gasteiger partial charge in [0.05, 0.1) is 25.0 Å². The van der Waals surface area contributed by atoms with Crippen LogP contribution in [0.25, 0.3) is 0 Å². The zero-order chi connectivity index (χ0) is 12.8. The van der Waals surface area contributed by atoms with E-state index in [4.69, 9.17) is 11.6 Å². The van der Waals surface area contributed by atoms with Crippen LogP contribution in [0.1, 0.15) is 27.2 Å². The second-order valence-electron chi connectivity index (χ2n) is 3.24. The summed E-state index contributed by atoms with van der Waals surface area (Å²) in [6.45, 7) is 4.92. The first-order valence-corrected chi connectivity index (χ1v) is 5.51. The number of alkyl halides is 1. The molecule has 5 nitrogen and oxygen atoms in total. The largest absolute Gasteiger partial charge is 0.466 e. The molecular weight excluding hydrogens is 236 g/mol. The van der Waals surface area contributed by atoms with Gasteiger partial charge in [0.2, 0.25) is 0 Å². The summed E-state index contributed by atoms with van der Waals surface area (Å²) >= 11 is 5.70. The lowest BCUT2D eigenvalue weighted by Crippen LogP contribution is -2.49. The number of ether oxygens (including phenoxy) is 2. The van der Waals surface area contributed by atoms with Crippen LogP contribution in [-0.2, 0) is 19.1 Å². The molecule has 0 saturated heterocycles. The molecule has 0 saturated carbocycles. The molecule has 0 bridgehead atoms. The second kappa shape index (κ2) is 6.70. The minimum absolute atomic E-state index is 0.105. The van der Waals surface area contributed by atoms with Gasteiger partial charge in [-0.05, 0) is 20.8 Å². The van der Waals surface area contributed by atoms with Crippen molar-refractivity contribution in [2.45, 2.75) is 38.2 Å². The van der Waals surface area contributed by atoms with Crippen molar-refractivity contribution >= 4 is 23.5 Å². The average Bonchev–Trinajstić information content (AvgIpc) is 2.17. The first-order chi connectivity index (χ1) is 7.38. The lowest BCUT2D eigenvalue weighted by atomic mass is 9.96. The summed E-state index contributed by atoms with van der Waals surface area (Å²) in [5.74, 6) is -1.60. The molecule has 94 valence electrons. The van der Waals surface area contributed by atoms with Gasteiger partial charge in [-0.3, -0.25) is 4.79 Å². The number of hydrogen-bond acceptors (Lipinski definition) is 5. The van der Waals surface area contributed by atoms with Crippen molar-refractivity contribution in [2.75, 3.05) is 13.2 Å². The summed E-state index contributed by atoms with van der Waals surface area (Å²) in [4.78, 5) is 22.7. The molecule has 1 N–H and O–H groups in total. The number of halogens is 1. The van der Waals surface area contributed by atoms with Crippen molar-refractivity contribution in [3.05, 3.63) is 0 Å². The fraction of sp³-hybridized carbons (Fsp3) is 0.800. The van der Waals surface area contributed by atoms with E-state index in [0.717, 1.165) is 0 Å². The van der Waals surface area contributed by atoms with Gasteiger partial charge < -0.3 is 14.6 Å². The summed E-state index contributed by atoms with van der Waals surface area (Å²) < 4.78 is 9.32. The molecule has 0 aromatic heterocycles. The highest BCUT2D eigenvalue weighted by Gasteiger charge is 2.44. The smallest absolute Gasteiger partial charge is 0.340 e. The first kappa shape index (κ1) is 15.2. The molecule has 0 radical (unpaired) electrons. The standard InChI is InChI=1S/C10H17ClO5/c1-4-15-8(12)6-10(14,7(3)11)9(13)16-5-2/h7,14H,4-6H2,1-3H3. The predicted octanol–water partition coefficient (Wildman–Crippen LogP) is 0.861. The van der Waals surface area contributed by atoms with Crippen LogP contribution in [0, 0.1) is 0 Å². The Hall–Kier alpha value is -0.810. The minimum Gasteiger partial charge on any atom is -0.466 e.